The molecule has 1 amide bonds. The van der Waals surface area contributed by atoms with E-state index >= 15 is 0 Å². The van der Waals surface area contributed by atoms with Gasteiger partial charge in [0, 0.05) is 20.3 Å². The van der Waals surface area contributed by atoms with E-state index in [4.69, 9.17) is 14.2 Å². The quantitative estimate of drug-likeness (QED) is 0.660. The predicted octanol–water partition coefficient (Wildman–Crippen LogP) is 2.64. The topological polar surface area (TPSA) is 56.8 Å². The Bertz CT molecular complexity index is 508. The second kappa shape index (κ2) is 10.1. The lowest BCUT2D eigenvalue weighted by Crippen LogP contribution is -2.37. The maximum absolute atomic E-state index is 12.9. The summed E-state index contributed by atoms with van der Waals surface area (Å²) in [5, 5.41) is 2.60. The molecule has 1 N–H and O–H groups in total. The molecular formula is C16H22F3NO4. The number of amides is 1. The Morgan fingerprint density at radius 1 is 1.21 bits per heavy atom. The number of hydrogen-bond acceptors (Lipinski definition) is 4. The van der Waals surface area contributed by atoms with Crippen LogP contribution in [0, 0.1) is 0 Å². The Morgan fingerprint density at radius 2 is 1.92 bits per heavy atom. The highest BCUT2D eigenvalue weighted by Crippen LogP contribution is 2.36. The molecule has 0 spiro atoms. The van der Waals surface area contributed by atoms with Gasteiger partial charge in [0.25, 0.3) is 5.91 Å². The lowest BCUT2D eigenvalue weighted by atomic mass is 10.2. The molecule has 1 atom stereocenters. The van der Waals surface area contributed by atoms with E-state index < -0.39 is 23.8 Å². The van der Waals surface area contributed by atoms with Gasteiger partial charge in [-0.1, -0.05) is 12.1 Å². The number of para-hydroxylation sites is 1. The minimum Gasteiger partial charge on any atom is -0.480 e. The van der Waals surface area contributed by atoms with E-state index in [1.165, 1.54) is 25.1 Å². The van der Waals surface area contributed by atoms with E-state index in [2.05, 4.69) is 5.32 Å². The Balaban J connectivity index is 2.40. The van der Waals surface area contributed by atoms with Crippen molar-refractivity contribution >= 4 is 5.91 Å². The van der Waals surface area contributed by atoms with Crippen LogP contribution in [0.1, 0.15) is 18.9 Å². The zero-order valence-electron chi connectivity index (χ0n) is 13.7. The zero-order chi connectivity index (χ0) is 18.0. The minimum absolute atomic E-state index is 0.348. The fraction of sp³-hybridized carbons (Fsp3) is 0.562. The monoisotopic (exact) mass is 349 g/mol. The first-order chi connectivity index (χ1) is 11.4. The number of carbonyl (C=O) groups excluding carboxylic acids is 1. The van der Waals surface area contributed by atoms with Crippen molar-refractivity contribution in [2.24, 2.45) is 0 Å². The molecule has 0 fully saturated rings. The van der Waals surface area contributed by atoms with Crippen molar-refractivity contribution in [1.29, 1.82) is 0 Å². The largest absolute Gasteiger partial charge is 0.480 e. The van der Waals surface area contributed by atoms with Gasteiger partial charge in [-0.05, 0) is 25.5 Å². The lowest BCUT2D eigenvalue weighted by Gasteiger charge is -2.18. The SMILES string of the molecule is COCCOCCCNC(=O)C(C)Oc1ccccc1C(F)(F)F. The highest BCUT2D eigenvalue weighted by atomic mass is 19.4. The van der Waals surface area contributed by atoms with Crippen molar-refractivity contribution in [3.05, 3.63) is 29.8 Å². The second-order valence-corrected chi connectivity index (χ2v) is 5.00. The molecule has 0 aliphatic rings. The van der Waals surface area contributed by atoms with Crippen LogP contribution >= 0.6 is 0 Å². The highest BCUT2D eigenvalue weighted by molar-refractivity contribution is 5.80. The van der Waals surface area contributed by atoms with Crippen LogP contribution in [0.4, 0.5) is 13.2 Å². The molecule has 5 nitrogen and oxygen atoms in total. The molecule has 0 bridgehead atoms. The molecule has 0 aliphatic heterocycles. The number of hydrogen-bond donors (Lipinski definition) is 1. The van der Waals surface area contributed by atoms with E-state index in [9.17, 15) is 18.0 Å². The number of ether oxygens (including phenoxy) is 3. The van der Waals surface area contributed by atoms with E-state index in [1.807, 2.05) is 0 Å². The average molecular weight is 349 g/mol. The van der Waals surface area contributed by atoms with Crippen molar-refractivity contribution in [1.82, 2.24) is 5.32 Å². The molecule has 0 aliphatic carbocycles. The first-order valence-corrected chi connectivity index (χ1v) is 7.53. The predicted molar refractivity (Wildman–Crippen MR) is 81.9 cm³/mol. The van der Waals surface area contributed by atoms with Crippen molar-refractivity contribution in [3.63, 3.8) is 0 Å². The standard InChI is InChI=1S/C16H22F3NO4/c1-12(15(21)20-8-5-9-23-11-10-22-2)24-14-7-4-3-6-13(14)16(17,18)19/h3-4,6-7,12H,5,8-11H2,1-2H3,(H,20,21). The number of benzene rings is 1. The van der Waals surface area contributed by atoms with Gasteiger partial charge in [-0.2, -0.15) is 13.2 Å². The molecule has 0 saturated heterocycles. The summed E-state index contributed by atoms with van der Waals surface area (Å²) in [5.41, 5.74) is -0.906. The molecular weight excluding hydrogens is 327 g/mol. The normalized spacial score (nSPS) is 12.7. The summed E-state index contributed by atoms with van der Waals surface area (Å²) < 4.78 is 53.8. The van der Waals surface area contributed by atoms with Crippen LogP contribution in [-0.4, -0.2) is 45.5 Å². The van der Waals surface area contributed by atoms with Gasteiger partial charge in [0.05, 0.1) is 18.8 Å². The van der Waals surface area contributed by atoms with Crippen molar-refractivity contribution in [2.75, 3.05) is 33.5 Å². The van der Waals surface area contributed by atoms with Crippen LogP contribution in [0.5, 0.6) is 5.75 Å². The van der Waals surface area contributed by atoms with Gasteiger partial charge in [0.15, 0.2) is 6.10 Å². The van der Waals surface area contributed by atoms with Gasteiger partial charge in [-0.15, -0.1) is 0 Å². The number of rotatable bonds is 10. The molecule has 0 heterocycles. The molecule has 1 rings (SSSR count). The molecule has 1 aromatic carbocycles. The zero-order valence-corrected chi connectivity index (χ0v) is 13.7. The van der Waals surface area contributed by atoms with E-state index in [0.717, 1.165) is 6.07 Å². The smallest absolute Gasteiger partial charge is 0.419 e. The number of alkyl halides is 3. The fourth-order valence-electron chi connectivity index (χ4n) is 1.82. The molecule has 1 aromatic rings. The van der Waals surface area contributed by atoms with Crippen molar-refractivity contribution in [3.8, 4) is 5.75 Å². The summed E-state index contributed by atoms with van der Waals surface area (Å²) in [5.74, 6) is -0.848. The van der Waals surface area contributed by atoms with Gasteiger partial charge in [0.1, 0.15) is 5.75 Å². The third kappa shape index (κ3) is 7.18. The molecule has 0 radical (unpaired) electrons. The summed E-state index contributed by atoms with van der Waals surface area (Å²) in [6.45, 7) is 3.17. The van der Waals surface area contributed by atoms with Crippen molar-refractivity contribution in [2.45, 2.75) is 25.6 Å². The third-order valence-corrected chi connectivity index (χ3v) is 3.06. The van der Waals surface area contributed by atoms with E-state index in [1.54, 1.807) is 7.11 Å². The fourth-order valence-corrected chi connectivity index (χ4v) is 1.82. The third-order valence-electron chi connectivity index (χ3n) is 3.06. The van der Waals surface area contributed by atoms with Gasteiger partial charge in [-0.3, -0.25) is 4.79 Å². The highest BCUT2D eigenvalue weighted by Gasteiger charge is 2.34. The molecule has 0 aromatic heterocycles. The van der Waals surface area contributed by atoms with Gasteiger partial charge in [-0.25, -0.2) is 0 Å². The molecule has 0 saturated carbocycles. The van der Waals surface area contributed by atoms with E-state index in [-0.39, 0.29) is 5.75 Å². The molecule has 8 heteroatoms. The van der Waals surface area contributed by atoms with Crippen molar-refractivity contribution < 1.29 is 32.2 Å². The summed E-state index contributed by atoms with van der Waals surface area (Å²) in [7, 11) is 1.57. The maximum atomic E-state index is 12.9. The Morgan fingerprint density at radius 3 is 2.58 bits per heavy atom. The van der Waals surface area contributed by atoms with Crippen LogP contribution in [0.2, 0.25) is 0 Å². The molecule has 136 valence electrons. The number of carbonyl (C=O) groups is 1. The number of nitrogens with one attached hydrogen (secondary N) is 1. The maximum Gasteiger partial charge on any atom is 0.419 e. The lowest BCUT2D eigenvalue weighted by molar-refractivity contribution is -0.140. The Hall–Kier alpha value is -1.80. The second-order valence-electron chi connectivity index (χ2n) is 5.00. The van der Waals surface area contributed by atoms with Gasteiger partial charge < -0.3 is 19.5 Å². The Labute approximate surface area is 139 Å². The molecule has 24 heavy (non-hydrogen) atoms. The van der Waals surface area contributed by atoms with Gasteiger partial charge in [0.2, 0.25) is 0 Å². The van der Waals surface area contributed by atoms with Crippen LogP contribution < -0.4 is 10.1 Å². The summed E-state index contributed by atoms with van der Waals surface area (Å²) in [6.07, 6.45) is -4.99. The van der Waals surface area contributed by atoms with Crippen LogP contribution in [0.25, 0.3) is 0 Å². The average Bonchev–Trinajstić information content (AvgIpc) is 2.53. The van der Waals surface area contributed by atoms with Gasteiger partial charge >= 0.3 is 6.18 Å². The summed E-state index contributed by atoms with van der Waals surface area (Å²) in [4.78, 5) is 11.9. The Kier molecular flexibility index (Phi) is 8.56. The molecule has 1 unspecified atom stereocenters. The first kappa shape index (κ1) is 20.2. The van der Waals surface area contributed by atoms with Crippen LogP contribution in [-0.2, 0) is 20.4 Å². The first-order valence-electron chi connectivity index (χ1n) is 7.53. The minimum atomic E-state index is -4.54. The summed E-state index contributed by atoms with van der Waals surface area (Å²) in [6, 6.07) is 4.80. The number of methoxy groups -OCH3 is 1. The van der Waals surface area contributed by atoms with E-state index in [0.29, 0.717) is 32.8 Å². The number of halogens is 3. The summed E-state index contributed by atoms with van der Waals surface area (Å²) >= 11 is 0. The van der Waals surface area contributed by atoms with Crippen LogP contribution in [0.3, 0.4) is 0 Å². The van der Waals surface area contributed by atoms with Crippen LogP contribution in [0.15, 0.2) is 24.3 Å².